The minimum absolute atomic E-state index is 0.416. The molecule has 0 aromatic carbocycles. The minimum Gasteiger partial charge on any atom is -0.238 e. The third-order valence-corrected chi connectivity index (χ3v) is 2.29. The fraction of sp³-hybridized carbons (Fsp3) is 0.667. The lowest BCUT2D eigenvalue weighted by atomic mass is 10.1. The fourth-order valence-corrected chi connectivity index (χ4v) is 1.27. The van der Waals surface area contributed by atoms with Crippen molar-refractivity contribution >= 4 is 0 Å². The summed E-state index contributed by atoms with van der Waals surface area (Å²) < 4.78 is 0. The van der Waals surface area contributed by atoms with Crippen LogP contribution in [-0.4, -0.2) is 9.97 Å². The Morgan fingerprint density at radius 2 is 1.71 bits per heavy atom. The molecule has 0 atom stereocenters. The molecule has 1 heterocycles. The minimum atomic E-state index is 0.416. The molecule has 0 aliphatic carbocycles. The lowest BCUT2D eigenvalue weighted by Gasteiger charge is -2.11. The monoisotopic (exact) mass is 192 g/mol. The van der Waals surface area contributed by atoms with E-state index in [9.17, 15) is 0 Å². The summed E-state index contributed by atoms with van der Waals surface area (Å²) in [6.45, 7) is 10.8. The van der Waals surface area contributed by atoms with Crippen molar-refractivity contribution < 1.29 is 0 Å². The van der Waals surface area contributed by atoms with E-state index in [1.807, 2.05) is 0 Å². The Morgan fingerprint density at radius 1 is 1.07 bits per heavy atom. The molecule has 14 heavy (non-hydrogen) atoms. The summed E-state index contributed by atoms with van der Waals surface area (Å²) in [6.07, 6.45) is 0.988. The average molecular weight is 192 g/mol. The molecule has 78 valence electrons. The fourth-order valence-electron chi connectivity index (χ4n) is 1.27. The van der Waals surface area contributed by atoms with Gasteiger partial charge in [0.05, 0.1) is 0 Å². The van der Waals surface area contributed by atoms with E-state index in [1.165, 1.54) is 5.69 Å². The highest BCUT2D eigenvalue weighted by molar-refractivity contribution is 5.15. The summed E-state index contributed by atoms with van der Waals surface area (Å²) in [5.74, 6) is 1.88. The third kappa shape index (κ3) is 2.53. The van der Waals surface area contributed by atoms with E-state index in [4.69, 9.17) is 0 Å². The van der Waals surface area contributed by atoms with Crippen LogP contribution >= 0.6 is 0 Å². The van der Waals surface area contributed by atoms with Crippen LogP contribution in [0.3, 0.4) is 0 Å². The zero-order valence-electron chi connectivity index (χ0n) is 9.83. The highest BCUT2D eigenvalue weighted by atomic mass is 14.9. The Balaban J connectivity index is 3.13. The molecule has 0 unspecified atom stereocenters. The third-order valence-electron chi connectivity index (χ3n) is 2.29. The zero-order chi connectivity index (χ0) is 10.7. The molecule has 1 rings (SSSR count). The van der Waals surface area contributed by atoms with Crippen molar-refractivity contribution in [2.75, 3.05) is 0 Å². The quantitative estimate of drug-likeness (QED) is 0.734. The smallest absolute Gasteiger partial charge is 0.131 e. The molecule has 0 spiro atoms. The van der Waals surface area contributed by atoms with E-state index < -0.39 is 0 Å². The lowest BCUT2D eigenvalue weighted by Crippen LogP contribution is -2.05. The van der Waals surface area contributed by atoms with Crippen LogP contribution in [0.4, 0.5) is 0 Å². The van der Waals surface area contributed by atoms with E-state index in [0.717, 1.165) is 17.9 Å². The molecule has 0 N–H and O–H groups in total. The molecule has 2 nitrogen and oxygen atoms in total. The van der Waals surface area contributed by atoms with Gasteiger partial charge in [-0.3, -0.25) is 0 Å². The molecule has 0 bridgehead atoms. The van der Waals surface area contributed by atoms with E-state index in [-0.39, 0.29) is 0 Å². The normalized spacial score (nSPS) is 11.4. The van der Waals surface area contributed by atoms with Gasteiger partial charge in [-0.05, 0) is 18.4 Å². The topological polar surface area (TPSA) is 25.8 Å². The number of rotatable bonds is 3. The van der Waals surface area contributed by atoms with Crippen LogP contribution < -0.4 is 0 Å². The highest BCUT2D eigenvalue weighted by Gasteiger charge is 2.09. The standard InChI is InChI=1S/C12H20N2/c1-6-10-7-11(8(2)3)14-12(13-10)9(4)5/h7-9H,6H2,1-5H3. The van der Waals surface area contributed by atoms with Crippen LogP contribution in [0.5, 0.6) is 0 Å². The maximum Gasteiger partial charge on any atom is 0.131 e. The summed E-state index contributed by atoms with van der Waals surface area (Å²) in [4.78, 5) is 9.09. The van der Waals surface area contributed by atoms with Gasteiger partial charge in [-0.15, -0.1) is 0 Å². The van der Waals surface area contributed by atoms with E-state index in [2.05, 4.69) is 50.7 Å². The Labute approximate surface area is 86.8 Å². The van der Waals surface area contributed by atoms with Gasteiger partial charge in [0.1, 0.15) is 5.82 Å². The molecule has 1 aromatic rings. The van der Waals surface area contributed by atoms with Crippen molar-refractivity contribution in [1.29, 1.82) is 0 Å². The average Bonchev–Trinajstić information content (AvgIpc) is 2.16. The Bertz CT molecular complexity index is 277. The summed E-state index contributed by atoms with van der Waals surface area (Å²) in [7, 11) is 0. The predicted molar refractivity (Wildman–Crippen MR) is 59.6 cm³/mol. The number of nitrogens with zero attached hydrogens (tertiary/aromatic N) is 2. The van der Waals surface area contributed by atoms with Crippen LogP contribution in [0.15, 0.2) is 6.07 Å². The van der Waals surface area contributed by atoms with E-state index in [0.29, 0.717) is 11.8 Å². The van der Waals surface area contributed by atoms with Crippen molar-refractivity contribution in [3.8, 4) is 0 Å². The van der Waals surface area contributed by atoms with Gasteiger partial charge < -0.3 is 0 Å². The summed E-state index contributed by atoms with van der Waals surface area (Å²) in [5.41, 5.74) is 2.33. The van der Waals surface area contributed by atoms with Crippen LogP contribution in [0.25, 0.3) is 0 Å². The molecule has 0 amide bonds. The first-order valence-electron chi connectivity index (χ1n) is 5.42. The predicted octanol–water partition coefficient (Wildman–Crippen LogP) is 3.29. The summed E-state index contributed by atoms with van der Waals surface area (Å²) in [5, 5.41) is 0. The van der Waals surface area contributed by atoms with Gasteiger partial charge in [0.25, 0.3) is 0 Å². The van der Waals surface area contributed by atoms with Crippen molar-refractivity contribution in [3.63, 3.8) is 0 Å². The molecule has 0 saturated heterocycles. The van der Waals surface area contributed by atoms with E-state index in [1.54, 1.807) is 0 Å². The zero-order valence-corrected chi connectivity index (χ0v) is 9.83. The first-order valence-corrected chi connectivity index (χ1v) is 5.42. The highest BCUT2D eigenvalue weighted by Crippen LogP contribution is 2.17. The van der Waals surface area contributed by atoms with Gasteiger partial charge in [0.15, 0.2) is 0 Å². The van der Waals surface area contributed by atoms with Crippen molar-refractivity contribution in [3.05, 3.63) is 23.3 Å². The van der Waals surface area contributed by atoms with E-state index >= 15 is 0 Å². The molecule has 0 saturated carbocycles. The van der Waals surface area contributed by atoms with Crippen LogP contribution in [0.2, 0.25) is 0 Å². The molecule has 0 fully saturated rings. The second kappa shape index (κ2) is 4.54. The SMILES string of the molecule is CCc1cc(C(C)C)nc(C(C)C)n1. The maximum atomic E-state index is 4.57. The lowest BCUT2D eigenvalue weighted by molar-refractivity contribution is 0.715. The Hall–Kier alpha value is -0.920. The van der Waals surface area contributed by atoms with Gasteiger partial charge in [0, 0.05) is 17.3 Å². The molecule has 0 aliphatic heterocycles. The van der Waals surface area contributed by atoms with Crippen LogP contribution in [0.1, 0.15) is 63.7 Å². The van der Waals surface area contributed by atoms with Gasteiger partial charge in [-0.25, -0.2) is 9.97 Å². The first-order chi connectivity index (χ1) is 6.54. The number of hydrogen-bond acceptors (Lipinski definition) is 2. The number of aromatic nitrogens is 2. The van der Waals surface area contributed by atoms with Crippen LogP contribution in [-0.2, 0) is 6.42 Å². The largest absolute Gasteiger partial charge is 0.238 e. The van der Waals surface area contributed by atoms with Gasteiger partial charge in [0.2, 0.25) is 0 Å². The van der Waals surface area contributed by atoms with Crippen molar-refractivity contribution in [2.24, 2.45) is 0 Å². The van der Waals surface area contributed by atoms with Gasteiger partial charge in [-0.2, -0.15) is 0 Å². The molecule has 1 aromatic heterocycles. The second-order valence-corrected chi connectivity index (χ2v) is 4.31. The first kappa shape index (κ1) is 11.2. The molecular weight excluding hydrogens is 172 g/mol. The number of aryl methyl sites for hydroxylation is 1. The molecule has 0 aliphatic rings. The molecule has 0 radical (unpaired) electrons. The summed E-state index contributed by atoms with van der Waals surface area (Å²) >= 11 is 0. The van der Waals surface area contributed by atoms with Crippen molar-refractivity contribution in [2.45, 2.75) is 52.9 Å². The Morgan fingerprint density at radius 3 is 2.14 bits per heavy atom. The number of hydrogen-bond donors (Lipinski definition) is 0. The van der Waals surface area contributed by atoms with Gasteiger partial charge in [-0.1, -0.05) is 34.6 Å². The Kier molecular flexibility index (Phi) is 3.62. The van der Waals surface area contributed by atoms with Crippen molar-refractivity contribution in [1.82, 2.24) is 9.97 Å². The van der Waals surface area contributed by atoms with Gasteiger partial charge >= 0.3 is 0 Å². The summed E-state index contributed by atoms with van der Waals surface area (Å²) in [6, 6.07) is 2.12. The molecule has 2 heteroatoms. The second-order valence-electron chi connectivity index (χ2n) is 4.31. The molecular formula is C12H20N2. The van der Waals surface area contributed by atoms with Crippen LogP contribution in [0, 0.1) is 0 Å². The maximum absolute atomic E-state index is 4.57.